The van der Waals surface area contributed by atoms with Crippen LogP contribution in [0.5, 0.6) is 0 Å². The summed E-state index contributed by atoms with van der Waals surface area (Å²) in [6, 6.07) is 0. The summed E-state index contributed by atoms with van der Waals surface area (Å²) >= 11 is 0. The summed E-state index contributed by atoms with van der Waals surface area (Å²) in [5.41, 5.74) is 5.00. The molecule has 0 aromatic heterocycles. The third-order valence-electron chi connectivity index (χ3n) is 0.837. The highest BCUT2D eigenvalue weighted by Gasteiger charge is 2.03. The molecule has 4 heteroatoms. The molecule has 0 bridgehead atoms. The molecule has 0 saturated heterocycles. The highest BCUT2D eigenvalue weighted by atomic mass is 16.4. The molecule has 0 rings (SSSR count). The zero-order valence-electron chi connectivity index (χ0n) is 4.95. The van der Waals surface area contributed by atoms with Crippen molar-refractivity contribution in [2.75, 3.05) is 6.54 Å². The molecule has 4 nitrogen and oxygen atoms in total. The van der Waals surface area contributed by atoms with Gasteiger partial charge in [-0.25, -0.2) is 0 Å². The summed E-state index contributed by atoms with van der Waals surface area (Å²) < 4.78 is 0. The summed E-state index contributed by atoms with van der Waals surface area (Å²) in [4.78, 5) is 9.81. The smallest absolute Gasteiger partial charge is 0.307 e. The number of rotatable bonds is 4. The summed E-state index contributed by atoms with van der Waals surface area (Å²) in [6.45, 7) is 0.101. The molecule has 0 amide bonds. The van der Waals surface area contributed by atoms with Crippen LogP contribution in [0.2, 0.25) is 0 Å². The largest absolute Gasteiger partial charge is 0.481 e. The van der Waals surface area contributed by atoms with Gasteiger partial charge >= 0.3 is 5.97 Å². The number of hydrogen-bond acceptors (Lipinski definition) is 3. The lowest BCUT2D eigenvalue weighted by Gasteiger charge is -2.02. The molecule has 53 valence electrons. The number of nitrogens with two attached hydrogens (primary N) is 1. The van der Waals surface area contributed by atoms with Crippen LogP contribution in [0.3, 0.4) is 0 Å². The molecular weight excluding hydrogens is 122 g/mol. The Hall–Kier alpha value is -0.610. The predicted octanol–water partition coefficient (Wildman–Crippen LogP) is -1.02. The number of carboxylic acids is 1. The maximum absolute atomic E-state index is 9.81. The van der Waals surface area contributed by atoms with Gasteiger partial charge in [0.05, 0.1) is 12.5 Å². The van der Waals surface area contributed by atoms with E-state index in [0.29, 0.717) is 0 Å². The molecule has 1 unspecified atom stereocenters. The van der Waals surface area contributed by atoms with E-state index in [1.165, 1.54) is 0 Å². The number of carboxylic acid groups (broad SMARTS) is 1. The van der Waals surface area contributed by atoms with Gasteiger partial charge < -0.3 is 15.9 Å². The Balaban J connectivity index is 3.16. The zero-order valence-corrected chi connectivity index (χ0v) is 4.95. The molecule has 1 radical (unpaired) electrons. The highest BCUT2D eigenvalue weighted by molar-refractivity contribution is 5.76. The molecule has 0 aromatic carbocycles. The van der Waals surface area contributed by atoms with E-state index < -0.39 is 12.1 Å². The molecule has 0 aliphatic rings. The van der Waals surface area contributed by atoms with E-state index in [-0.39, 0.29) is 13.0 Å². The van der Waals surface area contributed by atoms with Crippen molar-refractivity contribution in [3.63, 3.8) is 0 Å². The SMILES string of the molecule is NCC(O)C[CH]C(=O)O. The average Bonchev–Trinajstić information content (AvgIpc) is 1.83. The predicted molar refractivity (Wildman–Crippen MR) is 31.6 cm³/mol. The van der Waals surface area contributed by atoms with E-state index in [1.807, 2.05) is 0 Å². The van der Waals surface area contributed by atoms with Crippen molar-refractivity contribution < 1.29 is 15.0 Å². The third-order valence-corrected chi connectivity index (χ3v) is 0.837. The van der Waals surface area contributed by atoms with Gasteiger partial charge in [-0.1, -0.05) is 0 Å². The molecule has 9 heavy (non-hydrogen) atoms. The fourth-order valence-corrected chi connectivity index (χ4v) is 0.333. The minimum Gasteiger partial charge on any atom is -0.481 e. The van der Waals surface area contributed by atoms with Gasteiger partial charge in [0.15, 0.2) is 0 Å². The lowest BCUT2D eigenvalue weighted by atomic mass is 10.2. The Bertz CT molecular complexity index is 94.2. The maximum atomic E-state index is 9.81. The van der Waals surface area contributed by atoms with Crippen LogP contribution in [0.4, 0.5) is 0 Å². The Morgan fingerprint density at radius 3 is 2.67 bits per heavy atom. The first-order chi connectivity index (χ1) is 4.16. The second-order valence-electron chi connectivity index (χ2n) is 1.67. The van der Waals surface area contributed by atoms with E-state index in [1.54, 1.807) is 0 Å². The van der Waals surface area contributed by atoms with Crippen molar-refractivity contribution in [3.05, 3.63) is 6.42 Å². The molecule has 1 atom stereocenters. The first-order valence-electron chi connectivity index (χ1n) is 2.61. The quantitative estimate of drug-likeness (QED) is 0.457. The monoisotopic (exact) mass is 132 g/mol. The normalized spacial score (nSPS) is 13.1. The van der Waals surface area contributed by atoms with Crippen LogP contribution in [0, 0.1) is 6.42 Å². The summed E-state index contributed by atoms with van der Waals surface area (Å²) in [7, 11) is 0. The molecule has 0 aliphatic carbocycles. The number of aliphatic hydroxyl groups excluding tert-OH is 1. The van der Waals surface area contributed by atoms with Gasteiger partial charge in [-0.15, -0.1) is 0 Å². The van der Waals surface area contributed by atoms with Gasteiger partial charge in [0, 0.05) is 6.54 Å². The van der Waals surface area contributed by atoms with Crippen molar-refractivity contribution in [2.45, 2.75) is 12.5 Å². The fourth-order valence-electron chi connectivity index (χ4n) is 0.333. The van der Waals surface area contributed by atoms with E-state index in [4.69, 9.17) is 15.9 Å². The second-order valence-corrected chi connectivity index (χ2v) is 1.67. The Morgan fingerprint density at radius 1 is 1.78 bits per heavy atom. The van der Waals surface area contributed by atoms with Crippen molar-refractivity contribution in [3.8, 4) is 0 Å². The van der Waals surface area contributed by atoms with Gasteiger partial charge in [0.25, 0.3) is 0 Å². The standard InChI is InChI=1S/C5H10NO3/c6-3-4(7)1-2-5(8)9/h2,4,7H,1,3,6H2,(H,8,9). The highest BCUT2D eigenvalue weighted by Crippen LogP contribution is 1.92. The van der Waals surface area contributed by atoms with Crippen molar-refractivity contribution in [1.82, 2.24) is 0 Å². The van der Waals surface area contributed by atoms with Crippen LogP contribution in [0.25, 0.3) is 0 Å². The Morgan fingerprint density at radius 2 is 2.33 bits per heavy atom. The van der Waals surface area contributed by atoms with E-state index in [2.05, 4.69) is 0 Å². The van der Waals surface area contributed by atoms with Gasteiger partial charge in [0.2, 0.25) is 0 Å². The van der Waals surface area contributed by atoms with Crippen LogP contribution in [0.1, 0.15) is 6.42 Å². The van der Waals surface area contributed by atoms with Crippen molar-refractivity contribution in [1.29, 1.82) is 0 Å². The minimum absolute atomic E-state index is 0.101. The second kappa shape index (κ2) is 4.29. The van der Waals surface area contributed by atoms with Gasteiger partial charge in [0.1, 0.15) is 0 Å². The molecule has 0 aromatic rings. The zero-order chi connectivity index (χ0) is 7.28. The lowest BCUT2D eigenvalue weighted by Crippen LogP contribution is -2.20. The minimum atomic E-state index is -1.03. The first kappa shape index (κ1) is 8.39. The Kier molecular flexibility index (Phi) is 4.00. The van der Waals surface area contributed by atoms with E-state index in [0.717, 1.165) is 6.42 Å². The summed E-state index contributed by atoms with van der Waals surface area (Å²) in [6.07, 6.45) is 0.379. The maximum Gasteiger partial charge on any atom is 0.307 e. The summed E-state index contributed by atoms with van der Waals surface area (Å²) in [5, 5.41) is 16.7. The molecule has 0 aliphatic heterocycles. The van der Waals surface area contributed by atoms with Crippen molar-refractivity contribution in [2.24, 2.45) is 5.73 Å². The summed E-state index contributed by atoms with van der Waals surface area (Å²) in [5.74, 6) is -1.03. The van der Waals surface area contributed by atoms with Crippen LogP contribution >= 0.6 is 0 Å². The molecule has 4 N–H and O–H groups in total. The van der Waals surface area contributed by atoms with E-state index in [9.17, 15) is 4.79 Å². The molecule has 0 heterocycles. The third kappa shape index (κ3) is 5.26. The Labute approximate surface area is 53.3 Å². The van der Waals surface area contributed by atoms with Crippen LogP contribution in [-0.4, -0.2) is 28.8 Å². The van der Waals surface area contributed by atoms with Crippen LogP contribution in [0.15, 0.2) is 0 Å². The van der Waals surface area contributed by atoms with Crippen molar-refractivity contribution >= 4 is 5.97 Å². The number of hydrogen-bond donors (Lipinski definition) is 3. The lowest BCUT2D eigenvalue weighted by molar-refractivity contribution is -0.133. The molecular formula is C5H10NO3. The number of aliphatic hydroxyl groups is 1. The average molecular weight is 132 g/mol. The van der Waals surface area contributed by atoms with Crippen LogP contribution in [-0.2, 0) is 4.79 Å². The van der Waals surface area contributed by atoms with Gasteiger partial charge in [-0.2, -0.15) is 0 Å². The van der Waals surface area contributed by atoms with Crippen LogP contribution < -0.4 is 5.73 Å². The first-order valence-corrected chi connectivity index (χ1v) is 2.61. The number of carbonyl (C=O) groups is 1. The van der Waals surface area contributed by atoms with Gasteiger partial charge in [-0.3, -0.25) is 4.79 Å². The fraction of sp³-hybridized carbons (Fsp3) is 0.600. The van der Waals surface area contributed by atoms with E-state index >= 15 is 0 Å². The molecule has 0 fully saturated rings. The molecule has 0 spiro atoms. The number of aliphatic carboxylic acids is 1. The van der Waals surface area contributed by atoms with Gasteiger partial charge in [-0.05, 0) is 6.42 Å². The molecule has 0 saturated carbocycles. The topological polar surface area (TPSA) is 83.5 Å².